The summed E-state index contributed by atoms with van der Waals surface area (Å²) < 4.78 is 0. The number of aromatic nitrogens is 2. The molecular formula is C23H31N5O. The number of nitrogens with one attached hydrogen (secondary N) is 1. The summed E-state index contributed by atoms with van der Waals surface area (Å²) in [6, 6.07) is 10.3. The van der Waals surface area contributed by atoms with Crippen LogP contribution in [0.2, 0.25) is 0 Å². The topological polar surface area (TPSA) is 84.1 Å². The van der Waals surface area contributed by atoms with E-state index in [1.54, 1.807) is 0 Å². The van der Waals surface area contributed by atoms with Crippen LogP contribution in [0.4, 0.5) is 5.82 Å². The highest BCUT2D eigenvalue weighted by molar-refractivity contribution is 5.79. The number of hydrogen-bond donors (Lipinski definition) is 2. The van der Waals surface area contributed by atoms with Gasteiger partial charge in [0.25, 0.3) is 0 Å². The molecule has 1 atom stereocenters. The van der Waals surface area contributed by atoms with Gasteiger partial charge in [-0.05, 0) is 59.5 Å². The zero-order valence-corrected chi connectivity index (χ0v) is 17.6. The minimum atomic E-state index is -0.245. The molecule has 1 saturated heterocycles. The molecule has 0 bridgehead atoms. The molecule has 1 unspecified atom stereocenters. The van der Waals surface area contributed by atoms with Gasteiger partial charge in [0.15, 0.2) is 5.82 Å². The van der Waals surface area contributed by atoms with Gasteiger partial charge in [-0.2, -0.15) is 0 Å². The van der Waals surface area contributed by atoms with Gasteiger partial charge in [-0.15, -0.1) is 0 Å². The van der Waals surface area contributed by atoms with Gasteiger partial charge in [0.1, 0.15) is 5.82 Å². The number of nitrogens with zero attached hydrogens (tertiary/aromatic N) is 3. The number of rotatable bonds is 5. The van der Waals surface area contributed by atoms with Gasteiger partial charge >= 0.3 is 0 Å². The molecule has 1 amide bonds. The summed E-state index contributed by atoms with van der Waals surface area (Å²) in [7, 11) is 0. The Bertz CT molecular complexity index is 888. The Kier molecular flexibility index (Phi) is 5.30. The number of nitrogens with two attached hydrogens (primary N) is 1. The van der Waals surface area contributed by atoms with Crippen molar-refractivity contribution in [3.8, 4) is 11.4 Å². The van der Waals surface area contributed by atoms with E-state index in [9.17, 15) is 4.79 Å². The molecule has 2 aliphatic rings. The van der Waals surface area contributed by atoms with Gasteiger partial charge in [-0.1, -0.05) is 30.3 Å². The normalized spacial score (nSPS) is 19.3. The maximum absolute atomic E-state index is 11.6. The summed E-state index contributed by atoms with van der Waals surface area (Å²) in [6.07, 6.45) is 4.11. The highest BCUT2D eigenvalue weighted by Crippen LogP contribution is 2.47. The molecule has 0 saturated carbocycles. The van der Waals surface area contributed by atoms with Crippen molar-refractivity contribution in [2.75, 3.05) is 18.4 Å². The quantitative estimate of drug-likeness (QED) is 0.815. The molecule has 6 heteroatoms. The van der Waals surface area contributed by atoms with Crippen molar-refractivity contribution in [1.82, 2.24) is 14.9 Å². The number of carbonyl (C=O) groups is 1. The van der Waals surface area contributed by atoms with E-state index in [0.717, 1.165) is 56.0 Å². The van der Waals surface area contributed by atoms with Crippen molar-refractivity contribution in [1.29, 1.82) is 0 Å². The van der Waals surface area contributed by atoms with Crippen LogP contribution in [0.25, 0.3) is 11.4 Å². The van der Waals surface area contributed by atoms with E-state index < -0.39 is 0 Å². The molecule has 6 nitrogen and oxygen atoms in total. The van der Waals surface area contributed by atoms with Crippen LogP contribution in [0.5, 0.6) is 0 Å². The van der Waals surface area contributed by atoms with Crippen LogP contribution in [0.1, 0.15) is 51.3 Å². The minimum Gasteiger partial charge on any atom is -0.368 e. The maximum Gasteiger partial charge on any atom is 0.234 e. The molecule has 1 aliphatic heterocycles. The average molecular weight is 394 g/mol. The van der Waals surface area contributed by atoms with E-state index in [2.05, 4.69) is 36.2 Å². The molecule has 2 heterocycles. The van der Waals surface area contributed by atoms with Crippen molar-refractivity contribution in [2.24, 2.45) is 5.73 Å². The molecule has 3 N–H and O–H groups in total. The number of anilines is 1. The number of likely N-dealkylation sites (tertiary alicyclic amines) is 1. The van der Waals surface area contributed by atoms with Crippen molar-refractivity contribution >= 4 is 11.7 Å². The Morgan fingerprint density at radius 2 is 1.79 bits per heavy atom. The molecule has 0 radical (unpaired) electrons. The van der Waals surface area contributed by atoms with Crippen LogP contribution in [-0.4, -0.2) is 45.9 Å². The van der Waals surface area contributed by atoms with Crippen LogP contribution >= 0.6 is 0 Å². The second-order valence-corrected chi connectivity index (χ2v) is 8.78. The Morgan fingerprint density at radius 1 is 1.10 bits per heavy atom. The lowest BCUT2D eigenvalue weighted by Gasteiger charge is -2.41. The van der Waals surface area contributed by atoms with E-state index >= 15 is 0 Å². The van der Waals surface area contributed by atoms with E-state index in [1.807, 2.05) is 25.1 Å². The molecule has 154 valence electrons. The van der Waals surface area contributed by atoms with Crippen LogP contribution < -0.4 is 11.1 Å². The number of carbonyl (C=O) groups excluding carboxylic acids is 1. The summed E-state index contributed by atoms with van der Waals surface area (Å²) in [5, 5.41) is 3.56. The SMILES string of the molecule is CC(C)Nc1nc(-c2ccccc2)nc2c1CCC21CCN(C(C)C(N)=O)CC1. The number of piperidine rings is 1. The Balaban J connectivity index is 1.70. The van der Waals surface area contributed by atoms with Crippen molar-refractivity contribution in [3.05, 3.63) is 41.6 Å². The third-order valence-electron chi connectivity index (χ3n) is 6.53. The number of amides is 1. The van der Waals surface area contributed by atoms with Gasteiger partial charge < -0.3 is 11.1 Å². The monoisotopic (exact) mass is 393 g/mol. The van der Waals surface area contributed by atoms with E-state index in [-0.39, 0.29) is 17.4 Å². The first-order valence-electron chi connectivity index (χ1n) is 10.7. The summed E-state index contributed by atoms with van der Waals surface area (Å²) in [4.78, 5) is 23.8. The van der Waals surface area contributed by atoms with Gasteiger partial charge in [0, 0.05) is 22.6 Å². The fourth-order valence-corrected chi connectivity index (χ4v) is 4.76. The molecule has 4 rings (SSSR count). The predicted octanol–water partition coefficient (Wildman–Crippen LogP) is 3.12. The molecule has 1 fully saturated rings. The molecule has 1 aromatic carbocycles. The predicted molar refractivity (Wildman–Crippen MR) is 116 cm³/mol. The fraction of sp³-hybridized carbons (Fsp3) is 0.522. The van der Waals surface area contributed by atoms with E-state index in [4.69, 9.17) is 15.7 Å². The molecular weight excluding hydrogens is 362 g/mol. The second-order valence-electron chi connectivity index (χ2n) is 8.78. The van der Waals surface area contributed by atoms with Gasteiger partial charge in [-0.25, -0.2) is 9.97 Å². The van der Waals surface area contributed by atoms with Crippen LogP contribution in [0, 0.1) is 0 Å². The van der Waals surface area contributed by atoms with Crippen molar-refractivity contribution in [2.45, 2.75) is 64.0 Å². The molecule has 1 spiro atoms. The number of fused-ring (bicyclic) bond motifs is 2. The first-order chi connectivity index (χ1) is 13.9. The van der Waals surface area contributed by atoms with Gasteiger partial charge in [-0.3, -0.25) is 9.69 Å². The smallest absolute Gasteiger partial charge is 0.234 e. The third kappa shape index (κ3) is 3.73. The van der Waals surface area contributed by atoms with E-state index in [1.165, 1.54) is 11.3 Å². The molecule has 1 aliphatic carbocycles. The lowest BCUT2D eigenvalue weighted by atomic mass is 9.76. The standard InChI is InChI=1S/C23H31N5O/c1-15(2)25-22-18-9-10-23(11-13-28(14-12-23)16(3)20(24)29)19(18)26-21(27-22)17-7-5-4-6-8-17/h4-8,15-16H,9-14H2,1-3H3,(H2,24,29)(H,25,26,27). The van der Waals surface area contributed by atoms with E-state index in [0.29, 0.717) is 6.04 Å². The minimum absolute atomic E-state index is 0.0725. The number of hydrogen-bond acceptors (Lipinski definition) is 5. The van der Waals surface area contributed by atoms with Crippen molar-refractivity contribution in [3.63, 3.8) is 0 Å². The first-order valence-corrected chi connectivity index (χ1v) is 10.7. The van der Waals surface area contributed by atoms with Gasteiger partial charge in [0.2, 0.25) is 5.91 Å². The zero-order valence-electron chi connectivity index (χ0n) is 17.6. The number of benzene rings is 1. The van der Waals surface area contributed by atoms with Gasteiger partial charge in [0.05, 0.1) is 11.7 Å². The highest BCUT2D eigenvalue weighted by atomic mass is 16.1. The lowest BCUT2D eigenvalue weighted by molar-refractivity contribution is -0.123. The lowest BCUT2D eigenvalue weighted by Crippen LogP contribution is -2.50. The maximum atomic E-state index is 11.6. The summed E-state index contributed by atoms with van der Waals surface area (Å²) in [5.41, 5.74) is 9.13. The Hall–Kier alpha value is -2.47. The largest absolute Gasteiger partial charge is 0.368 e. The molecule has 29 heavy (non-hydrogen) atoms. The van der Waals surface area contributed by atoms with Crippen molar-refractivity contribution < 1.29 is 4.79 Å². The van der Waals surface area contributed by atoms with Crippen LogP contribution in [0.3, 0.4) is 0 Å². The second kappa shape index (κ2) is 7.75. The molecule has 1 aromatic heterocycles. The Labute approximate surface area is 172 Å². The van der Waals surface area contributed by atoms with Crippen LogP contribution in [0.15, 0.2) is 30.3 Å². The summed E-state index contributed by atoms with van der Waals surface area (Å²) in [6.45, 7) is 7.95. The fourth-order valence-electron chi connectivity index (χ4n) is 4.76. The zero-order chi connectivity index (χ0) is 20.6. The molecule has 2 aromatic rings. The Morgan fingerprint density at radius 3 is 2.41 bits per heavy atom. The average Bonchev–Trinajstić information content (AvgIpc) is 3.06. The first kappa shape index (κ1) is 19.8. The summed E-state index contributed by atoms with van der Waals surface area (Å²) in [5.74, 6) is 1.53. The highest BCUT2D eigenvalue weighted by Gasteiger charge is 2.45. The third-order valence-corrected chi connectivity index (χ3v) is 6.53. The number of primary amides is 1. The summed E-state index contributed by atoms with van der Waals surface area (Å²) >= 11 is 0. The van der Waals surface area contributed by atoms with Crippen LogP contribution in [-0.2, 0) is 16.6 Å².